The number of hydrogen-bond acceptors (Lipinski definition) is 4. The summed E-state index contributed by atoms with van der Waals surface area (Å²) in [6, 6.07) is 6.46. The molecule has 3 N–H and O–H groups in total. The number of rotatable bonds is 4. The van der Waals surface area contributed by atoms with Gasteiger partial charge in [0.05, 0.1) is 18.0 Å². The van der Waals surface area contributed by atoms with Crippen molar-refractivity contribution in [3.63, 3.8) is 0 Å². The van der Waals surface area contributed by atoms with E-state index in [-0.39, 0.29) is 0 Å². The van der Waals surface area contributed by atoms with Gasteiger partial charge in [-0.1, -0.05) is 6.07 Å². The first-order chi connectivity index (χ1) is 8.31. The number of benzene rings is 1. The molecule has 3 nitrogen and oxygen atoms in total. The van der Waals surface area contributed by atoms with Crippen molar-refractivity contribution in [1.29, 1.82) is 0 Å². The molecule has 1 aliphatic rings. The van der Waals surface area contributed by atoms with Crippen LogP contribution in [-0.2, 0) is 0 Å². The Hall–Kier alpha value is -1.03. The standard InChI is InChI=1S/C13H20N2OS/c1-2-16-12-7-3-6-11(13(12)14)15-10-5-4-8-17-9-10/h3,6-7,10,15H,2,4-5,8-9,14H2,1H3. The molecule has 0 bridgehead atoms. The third-order valence-corrected chi connectivity index (χ3v) is 4.10. The number of nitrogens with one attached hydrogen (secondary N) is 1. The second-order valence-electron chi connectivity index (χ2n) is 4.21. The van der Waals surface area contributed by atoms with E-state index in [0.29, 0.717) is 12.6 Å². The van der Waals surface area contributed by atoms with Gasteiger partial charge >= 0.3 is 0 Å². The first kappa shape index (κ1) is 12.4. The van der Waals surface area contributed by atoms with Gasteiger partial charge in [0.25, 0.3) is 0 Å². The smallest absolute Gasteiger partial charge is 0.144 e. The van der Waals surface area contributed by atoms with Crippen molar-refractivity contribution in [3.05, 3.63) is 18.2 Å². The quantitative estimate of drug-likeness (QED) is 0.809. The fourth-order valence-corrected chi connectivity index (χ4v) is 3.10. The molecule has 1 unspecified atom stereocenters. The van der Waals surface area contributed by atoms with Crippen LogP contribution in [0.15, 0.2) is 18.2 Å². The van der Waals surface area contributed by atoms with Crippen molar-refractivity contribution in [2.75, 3.05) is 29.2 Å². The molecular formula is C13H20N2OS. The molecule has 2 rings (SSSR count). The highest BCUT2D eigenvalue weighted by Crippen LogP contribution is 2.31. The van der Waals surface area contributed by atoms with E-state index < -0.39 is 0 Å². The fraction of sp³-hybridized carbons (Fsp3) is 0.538. The van der Waals surface area contributed by atoms with Crippen LogP contribution in [0.1, 0.15) is 19.8 Å². The molecule has 0 aromatic heterocycles. The van der Waals surface area contributed by atoms with Gasteiger partial charge < -0.3 is 15.8 Å². The molecule has 1 atom stereocenters. The molecule has 94 valence electrons. The molecule has 1 heterocycles. The Labute approximate surface area is 107 Å². The summed E-state index contributed by atoms with van der Waals surface area (Å²) < 4.78 is 5.50. The summed E-state index contributed by atoms with van der Waals surface area (Å²) in [5, 5.41) is 3.52. The summed E-state index contributed by atoms with van der Waals surface area (Å²) in [6.45, 7) is 2.62. The van der Waals surface area contributed by atoms with E-state index in [1.54, 1.807) is 0 Å². The van der Waals surface area contributed by atoms with E-state index >= 15 is 0 Å². The number of ether oxygens (including phenoxy) is 1. The van der Waals surface area contributed by atoms with E-state index in [9.17, 15) is 0 Å². The Kier molecular flexibility index (Phi) is 4.42. The van der Waals surface area contributed by atoms with Gasteiger partial charge in [0.15, 0.2) is 0 Å². The number of anilines is 2. The molecule has 0 spiro atoms. The lowest BCUT2D eigenvalue weighted by Gasteiger charge is -2.24. The van der Waals surface area contributed by atoms with Gasteiger partial charge in [0, 0.05) is 11.8 Å². The Balaban J connectivity index is 2.06. The van der Waals surface area contributed by atoms with Crippen LogP contribution in [0.4, 0.5) is 11.4 Å². The van der Waals surface area contributed by atoms with Crippen LogP contribution in [0.2, 0.25) is 0 Å². The zero-order valence-electron chi connectivity index (χ0n) is 10.2. The SMILES string of the molecule is CCOc1cccc(NC2CCCSC2)c1N. The van der Waals surface area contributed by atoms with Gasteiger partial charge in [-0.25, -0.2) is 0 Å². The van der Waals surface area contributed by atoms with Crippen LogP contribution in [0, 0.1) is 0 Å². The van der Waals surface area contributed by atoms with Crippen molar-refractivity contribution in [1.82, 2.24) is 0 Å². The van der Waals surface area contributed by atoms with Gasteiger partial charge in [0.1, 0.15) is 5.75 Å². The molecule has 1 fully saturated rings. The van der Waals surface area contributed by atoms with E-state index in [1.807, 2.05) is 36.9 Å². The minimum Gasteiger partial charge on any atom is -0.492 e. The van der Waals surface area contributed by atoms with Crippen LogP contribution in [0.5, 0.6) is 5.75 Å². The van der Waals surface area contributed by atoms with Crippen molar-refractivity contribution < 1.29 is 4.74 Å². The number of nitrogen functional groups attached to an aromatic ring is 1. The minimum atomic E-state index is 0.535. The second kappa shape index (κ2) is 6.05. The molecule has 1 aromatic rings. The van der Waals surface area contributed by atoms with Crippen molar-refractivity contribution in [3.8, 4) is 5.75 Å². The number of hydrogen-bond donors (Lipinski definition) is 2. The fourth-order valence-electron chi connectivity index (χ4n) is 2.03. The molecule has 4 heteroatoms. The molecule has 0 saturated carbocycles. The monoisotopic (exact) mass is 252 g/mol. The Morgan fingerprint density at radius 3 is 3.12 bits per heavy atom. The van der Waals surface area contributed by atoms with E-state index in [0.717, 1.165) is 22.9 Å². The van der Waals surface area contributed by atoms with Crippen molar-refractivity contribution in [2.24, 2.45) is 0 Å². The molecule has 0 amide bonds. The van der Waals surface area contributed by atoms with Crippen LogP contribution in [0.3, 0.4) is 0 Å². The third-order valence-electron chi connectivity index (χ3n) is 2.89. The second-order valence-corrected chi connectivity index (χ2v) is 5.36. The van der Waals surface area contributed by atoms with Gasteiger partial charge in [-0.15, -0.1) is 0 Å². The molecule has 17 heavy (non-hydrogen) atoms. The van der Waals surface area contributed by atoms with Crippen LogP contribution < -0.4 is 15.8 Å². The first-order valence-corrected chi connectivity index (χ1v) is 7.32. The van der Waals surface area contributed by atoms with Crippen molar-refractivity contribution >= 4 is 23.1 Å². The largest absolute Gasteiger partial charge is 0.492 e. The van der Waals surface area contributed by atoms with E-state index in [2.05, 4.69) is 5.32 Å². The molecule has 1 aromatic carbocycles. The maximum Gasteiger partial charge on any atom is 0.144 e. The first-order valence-electron chi connectivity index (χ1n) is 6.17. The lowest BCUT2D eigenvalue weighted by molar-refractivity contribution is 0.342. The summed E-state index contributed by atoms with van der Waals surface area (Å²) in [7, 11) is 0. The predicted molar refractivity (Wildman–Crippen MR) is 76.0 cm³/mol. The summed E-state index contributed by atoms with van der Waals surface area (Å²) in [4.78, 5) is 0. The average molecular weight is 252 g/mol. The lowest BCUT2D eigenvalue weighted by Crippen LogP contribution is -2.26. The maximum atomic E-state index is 6.09. The van der Waals surface area contributed by atoms with Crippen LogP contribution in [0.25, 0.3) is 0 Å². The van der Waals surface area contributed by atoms with Gasteiger partial charge in [-0.3, -0.25) is 0 Å². The van der Waals surface area contributed by atoms with Gasteiger partial charge in [-0.2, -0.15) is 11.8 Å². The summed E-state index contributed by atoms with van der Waals surface area (Å²) in [6.07, 6.45) is 2.51. The topological polar surface area (TPSA) is 47.3 Å². The number of para-hydroxylation sites is 1. The zero-order chi connectivity index (χ0) is 12.1. The molecule has 1 saturated heterocycles. The molecule has 0 aliphatic carbocycles. The number of nitrogens with two attached hydrogens (primary N) is 1. The Bertz CT molecular complexity index is 364. The predicted octanol–water partition coefficient (Wildman–Crippen LogP) is 2.98. The normalized spacial score (nSPS) is 19.9. The Morgan fingerprint density at radius 1 is 1.53 bits per heavy atom. The lowest BCUT2D eigenvalue weighted by atomic mass is 10.1. The Morgan fingerprint density at radius 2 is 2.41 bits per heavy atom. The van der Waals surface area contributed by atoms with Gasteiger partial charge in [-0.05, 0) is 37.7 Å². The maximum absolute atomic E-state index is 6.09. The molecular weight excluding hydrogens is 232 g/mol. The van der Waals surface area contributed by atoms with Gasteiger partial charge in [0.2, 0.25) is 0 Å². The van der Waals surface area contributed by atoms with E-state index in [4.69, 9.17) is 10.5 Å². The van der Waals surface area contributed by atoms with E-state index in [1.165, 1.54) is 18.6 Å². The molecule has 0 radical (unpaired) electrons. The van der Waals surface area contributed by atoms with Crippen molar-refractivity contribution in [2.45, 2.75) is 25.8 Å². The summed E-state index contributed by atoms with van der Waals surface area (Å²) in [5.74, 6) is 3.23. The van der Waals surface area contributed by atoms with Crippen LogP contribution in [-0.4, -0.2) is 24.2 Å². The average Bonchev–Trinajstić information content (AvgIpc) is 2.36. The highest BCUT2D eigenvalue weighted by Gasteiger charge is 2.15. The number of thioether (sulfide) groups is 1. The van der Waals surface area contributed by atoms with Crippen LogP contribution >= 0.6 is 11.8 Å². The summed E-state index contributed by atoms with van der Waals surface area (Å²) in [5.41, 5.74) is 7.82. The highest BCUT2D eigenvalue weighted by atomic mass is 32.2. The highest BCUT2D eigenvalue weighted by molar-refractivity contribution is 7.99. The molecule has 1 aliphatic heterocycles. The zero-order valence-corrected chi connectivity index (χ0v) is 11.1. The summed E-state index contributed by atoms with van der Waals surface area (Å²) >= 11 is 2.01. The minimum absolute atomic E-state index is 0.535. The third kappa shape index (κ3) is 3.22.